The first-order valence-electron chi connectivity index (χ1n) is 9.70. The first-order valence-corrected chi connectivity index (χ1v) is 9.70. The first kappa shape index (κ1) is 22.2. The van der Waals surface area contributed by atoms with Gasteiger partial charge in [-0.3, -0.25) is 4.99 Å². The highest BCUT2D eigenvalue weighted by Crippen LogP contribution is 2.19. The number of allylic oxidation sites excluding steroid dienone is 3. The van der Waals surface area contributed by atoms with Crippen LogP contribution in [0, 0.1) is 0 Å². The van der Waals surface area contributed by atoms with E-state index in [-0.39, 0.29) is 11.7 Å². The zero-order valence-electron chi connectivity index (χ0n) is 17.9. The third-order valence-electron chi connectivity index (χ3n) is 3.59. The summed E-state index contributed by atoms with van der Waals surface area (Å²) < 4.78 is 11.4. The SMILES string of the molecule is C=C(\C=C/C=N\C=C\c1ccc(OC(C)(C)C)nc1)c1ccc(OC(C)C)cc1. The molecule has 2 rings (SSSR count). The molecule has 1 aromatic carbocycles. The van der Waals surface area contributed by atoms with Gasteiger partial charge in [-0.2, -0.15) is 0 Å². The fraction of sp³-hybridized carbons (Fsp3) is 0.280. The van der Waals surface area contributed by atoms with Crippen LogP contribution in [-0.4, -0.2) is 22.9 Å². The lowest BCUT2D eigenvalue weighted by atomic mass is 10.1. The largest absolute Gasteiger partial charge is 0.491 e. The van der Waals surface area contributed by atoms with E-state index in [9.17, 15) is 0 Å². The molecule has 0 unspecified atom stereocenters. The quantitative estimate of drug-likeness (QED) is 0.389. The molecule has 0 amide bonds. The Kier molecular flexibility index (Phi) is 7.96. The second-order valence-corrected chi connectivity index (χ2v) is 7.83. The van der Waals surface area contributed by atoms with E-state index in [4.69, 9.17) is 9.47 Å². The molecule has 0 spiro atoms. The molecule has 2 aromatic rings. The Balaban J connectivity index is 1.84. The summed E-state index contributed by atoms with van der Waals surface area (Å²) in [6.45, 7) is 14.1. The van der Waals surface area contributed by atoms with Crippen molar-refractivity contribution in [3.63, 3.8) is 0 Å². The highest BCUT2D eigenvalue weighted by Gasteiger charge is 2.11. The number of benzene rings is 1. The van der Waals surface area contributed by atoms with Crippen molar-refractivity contribution in [3.8, 4) is 11.6 Å². The Morgan fingerprint density at radius 1 is 1.10 bits per heavy atom. The van der Waals surface area contributed by atoms with Crippen LogP contribution in [0.4, 0.5) is 0 Å². The van der Waals surface area contributed by atoms with Crippen molar-refractivity contribution >= 4 is 17.9 Å². The van der Waals surface area contributed by atoms with E-state index < -0.39 is 0 Å². The molecule has 0 radical (unpaired) electrons. The summed E-state index contributed by atoms with van der Waals surface area (Å²) in [5, 5.41) is 0. The van der Waals surface area contributed by atoms with E-state index in [0.29, 0.717) is 5.88 Å². The van der Waals surface area contributed by atoms with E-state index >= 15 is 0 Å². The zero-order valence-corrected chi connectivity index (χ0v) is 17.9. The van der Waals surface area contributed by atoms with Gasteiger partial charge in [-0.1, -0.05) is 24.8 Å². The molecule has 0 aliphatic carbocycles. The Morgan fingerprint density at radius 3 is 2.41 bits per heavy atom. The maximum absolute atomic E-state index is 5.71. The predicted octanol–water partition coefficient (Wildman–Crippen LogP) is 6.36. The van der Waals surface area contributed by atoms with Crippen molar-refractivity contribution in [3.05, 3.63) is 78.7 Å². The third-order valence-corrected chi connectivity index (χ3v) is 3.59. The van der Waals surface area contributed by atoms with E-state index in [0.717, 1.165) is 22.4 Å². The Hall–Kier alpha value is -3.14. The first-order chi connectivity index (χ1) is 13.7. The molecular formula is C25H30N2O2. The van der Waals surface area contributed by atoms with E-state index in [1.807, 2.05) is 89.2 Å². The molecule has 29 heavy (non-hydrogen) atoms. The number of hydrogen-bond acceptors (Lipinski definition) is 4. The van der Waals surface area contributed by atoms with Crippen molar-refractivity contribution < 1.29 is 9.47 Å². The van der Waals surface area contributed by atoms with E-state index in [2.05, 4.69) is 16.6 Å². The molecule has 0 bridgehead atoms. The highest BCUT2D eigenvalue weighted by atomic mass is 16.5. The van der Waals surface area contributed by atoms with Crippen LogP contribution in [0.15, 0.2) is 72.5 Å². The van der Waals surface area contributed by atoms with Crippen LogP contribution >= 0.6 is 0 Å². The Morgan fingerprint density at radius 2 is 1.83 bits per heavy atom. The zero-order chi connectivity index (χ0) is 21.3. The molecule has 0 aliphatic rings. The number of nitrogens with zero attached hydrogens (tertiary/aromatic N) is 2. The number of aromatic nitrogens is 1. The van der Waals surface area contributed by atoms with Gasteiger partial charge in [0.1, 0.15) is 11.4 Å². The van der Waals surface area contributed by atoms with Crippen molar-refractivity contribution in [1.82, 2.24) is 4.98 Å². The normalized spacial score (nSPS) is 12.3. The summed E-state index contributed by atoms with van der Waals surface area (Å²) in [5.41, 5.74) is 2.66. The van der Waals surface area contributed by atoms with Crippen LogP contribution in [0.2, 0.25) is 0 Å². The molecule has 0 saturated carbocycles. The second kappa shape index (κ2) is 10.4. The molecule has 0 atom stereocenters. The van der Waals surface area contributed by atoms with Gasteiger partial charge in [-0.05, 0) is 81.7 Å². The van der Waals surface area contributed by atoms with Crippen molar-refractivity contribution in [1.29, 1.82) is 0 Å². The molecule has 1 aromatic heterocycles. The average Bonchev–Trinajstić information content (AvgIpc) is 2.64. The van der Waals surface area contributed by atoms with Crippen LogP contribution < -0.4 is 9.47 Å². The monoisotopic (exact) mass is 390 g/mol. The number of hydrogen-bond donors (Lipinski definition) is 0. The fourth-order valence-corrected chi connectivity index (χ4v) is 2.37. The van der Waals surface area contributed by atoms with Gasteiger partial charge in [0.15, 0.2) is 0 Å². The fourth-order valence-electron chi connectivity index (χ4n) is 2.37. The minimum atomic E-state index is -0.255. The van der Waals surface area contributed by atoms with Crippen molar-refractivity contribution in [2.75, 3.05) is 0 Å². The average molecular weight is 391 g/mol. The van der Waals surface area contributed by atoms with Gasteiger partial charge in [0.25, 0.3) is 0 Å². The van der Waals surface area contributed by atoms with Crippen LogP contribution in [0.5, 0.6) is 11.6 Å². The van der Waals surface area contributed by atoms with Crippen LogP contribution in [0.25, 0.3) is 11.6 Å². The van der Waals surface area contributed by atoms with Gasteiger partial charge in [-0.25, -0.2) is 4.98 Å². The lowest BCUT2D eigenvalue weighted by Gasteiger charge is -2.20. The van der Waals surface area contributed by atoms with Gasteiger partial charge >= 0.3 is 0 Å². The Bertz CT molecular complexity index is 869. The van der Waals surface area contributed by atoms with E-state index in [1.165, 1.54) is 0 Å². The molecule has 4 nitrogen and oxygen atoms in total. The topological polar surface area (TPSA) is 43.7 Å². The standard InChI is InChI=1S/C25H30N2O2/c1-19(2)28-23-12-10-22(11-13-23)20(3)8-7-16-26-17-15-21-9-14-24(27-18-21)29-25(4,5)6/h7-19H,3H2,1-2,4-6H3/b8-7-,17-15+,26-16-. The molecule has 1 heterocycles. The van der Waals surface area contributed by atoms with Gasteiger partial charge in [0.05, 0.1) is 6.10 Å². The number of aliphatic imine (C=N–C) groups is 1. The molecule has 0 N–H and O–H groups in total. The maximum Gasteiger partial charge on any atom is 0.213 e. The summed E-state index contributed by atoms with van der Waals surface area (Å²) in [6, 6.07) is 11.7. The number of ether oxygens (including phenoxy) is 2. The lowest BCUT2D eigenvalue weighted by Crippen LogP contribution is -2.23. The molecule has 0 saturated heterocycles. The van der Waals surface area contributed by atoms with Crippen LogP contribution in [0.3, 0.4) is 0 Å². The summed E-state index contributed by atoms with van der Waals surface area (Å²) in [5.74, 6) is 1.48. The van der Waals surface area contributed by atoms with Gasteiger partial charge < -0.3 is 9.47 Å². The van der Waals surface area contributed by atoms with Crippen LogP contribution in [0.1, 0.15) is 45.7 Å². The number of pyridine rings is 1. The summed E-state index contributed by atoms with van der Waals surface area (Å²) in [7, 11) is 0. The summed E-state index contributed by atoms with van der Waals surface area (Å²) in [4.78, 5) is 8.55. The second-order valence-electron chi connectivity index (χ2n) is 7.83. The highest BCUT2D eigenvalue weighted by molar-refractivity contribution is 5.80. The van der Waals surface area contributed by atoms with Crippen molar-refractivity contribution in [2.24, 2.45) is 4.99 Å². The predicted molar refractivity (Wildman–Crippen MR) is 123 cm³/mol. The molecular weight excluding hydrogens is 360 g/mol. The smallest absolute Gasteiger partial charge is 0.213 e. The minimum Gasteiger partial charge on any atom is -0.491 e. The molecule has 0 fully saturated rings. The van der Waals surface area contributed by atoms with Crippen molar-refractivity contribution in [2.45, 2.75) is 46.3 Å². The maximum atomic E-state index is 5.71. The third kappa shape index (κ3) is 8.60. The summed E-state index contributed by atoms with van der Waals surface area (Å²) >= 11 is 0. The minimum absolute atomic E-state index is 0.166. The van der Waals surface area contributed by atoms with Crippen LogP contribution in [-0.2, 0) is 0 Å². The molecule has 4 heteroatoms. The Labute approximate surface area is 174 Å². The van der Waals surface area contributed by atoms with Gasteiger partial charge in [0.2, 0.25) is 5.88 Å². The summed E-state index contributed by atoms with van der Waals surface area (Å²) in [6.07, 6.45) is 11.1. The molecule has 152 valence electrons. The van der Waals surface area contributed by atoms with Gasteiger partial charge in [-0.15, -0.1) is 0 Å². The van der Waals surface area contributed by atoms with Gasteiger partial charge in [0, 0.05) is 24.7 Å². The van der Waals surface area contributed by atoms with E-state index in [1.54, 1.807) is 18.6 Å². The molecule has 0 aliphatic heterocycles. The lowest BCUT2D eigenvalue weighted by molar-refractivity contribution is 0.124. The number of rotatable bonds is 8.